The fourth-order valence-electron chi connectivity index (χ4n) is 2.59. The fraction of sp³-hybridized carbons (Fsp3) is 0.278. The van der Waals surface area contributed by atoms with Gasteiger partial charge in [0.25, 0.3) is 5.91 Å². The summed E-state index contributed by atoms with van der Waals surface area (Å²) in [6.07, 6.45) is 0. The number of hydrogen-bond acceptors (Lipinski definition) is 4. The van der Waals surface area contributed by atoms with Crippen LogP contribution in [0.25, 0.3) is 0 Å². The Morgan fingerprint density at radius 2 is 1.65 bits per heavy atom. The summed E-state index contributed by atoms with van der Waals surface area (Å²) in [7, 11) is -3.58. The Kier molecular flexibility index (Phi) is 6.08. The predicted molar refractivity (Wildman–Crippen MR) is 101 cm³/mol. The SMILES string of the molecule is O=C(c1ccc(CNS(=O)(=O)c2ccc(Br)cc2)cc1)N1CCOCC1. The van der Waals surface area contributed by atoms with E-state index in [4.69, 9.17) is 4.74 Å². The Labute approximate surface area is 161 Å². The molecule has 0 unspecified atom stereocenters. The van der Waals surface area contributed by atoms with Crippen molar-refractivity contribution in [2.45, 2.75) is 11.4 Å². The van der Waals surface area contributed by atoms with Gasteiger partial charge >= 0.3 is 0 Å². The van der Waals surface area contributed by atoms with Gasteiger partial charge in [-0.05, 0) is 42.0 Å². The number of morpholine rings is 1. The lowest BCUT2D eigenvalue weighted by atomic mass is 10.1. The third kappa shape index (κ3) is 4.70. The molecule has 0 atom stereocenters. The lowest BCUT2D eigenvalue weighted by Gasteiger charge is -2.26. The third-order valence-electron chi connectivity index (χ3n) is 4.09. The molecule has 1 N–H and O–H groups in total. The Hall–Kier alpha value is -1.74. The number of nitrogens with one attached hydrogen (secondary N) is 1. The van der Waals surface area contributed by atoms with Gasteiger partial charge in [-0.3, -0.25) is 4.79 Å². The second kappa shape index (κ2) is 8.30. The summed E-state index contributed by atoms with van der Waals surface area (Å²) in [5.41, 5.74) is 1.37. The van der Waals surface area contributed by atoms with E-state index >= 15 is 0 Å². The van der Waals surface area contributed by atoms with E-state index in [9.17, 15) is 13.2 Å². The summed E-state index contributed by atoms with van der Waals surface area (Å²) < 4.78 is 33.2. The van der Waals surface area contributed by atoms with Crippen molar-refractivity contribution in [3.63, 3.8) is 0 Å². The maximum atomic E-state index is 12.4. The minimum Gasteiger partial charge on any atom is -0.378 e. The molecule has 1 aliphatic heterocycles. The normalized spacial score (nSPS) is 15.0. The molecular formula is C18H19BrN2O4S. The summed E-state index contributed by atoms with van der Waals surface area (Å²) in [6.45, 7) is 2.45. The van der Waals surface area contributed by atoms with Crippen molar-refractivity contribution in [1.29, 1.82) is 0 Å². The molecule has 0 bridgehead atoms. The molecule has 26 heavy (non-hydrogen) atoms. The lowest BCUT2D eigenvalue weighted by molar-refractivity contribution is 0.0303. The first-order valence-corrected chi connectivity index (χ1v) is 10.4. The molecule has 0 saturated carbocycles. The number of hydrogen-bond donors (Lipinski definition) is 1. The van der Waals surface area contributed by atoms with Crippen LogP contribution < -0.4 is 4.72 Å². The number of benzene rings is 2. The molecule has 1 saturated heterocycles. The molecule has 1 fully saturated rings. The summed E-state index contributed by atoms with van der Waals surface area (Å²) in [6, 6.07) is 13.4. The van der Waals surface area contributed by atoms with Crippen LogP contribution in [0.5, 0.6) is 0 Å². The van der Waals surface area contributed by atoms with Crippen LogP contribution in [0.15, 0.2) is 57.9 Å². The Morgan fingerprint density at radius 3 is 2.27 bits per heavy atom. The highest BCUT2D eigenvalue weighted by molar-refractivity contribution is 9.10. The third-order valence-corrected chi connectivity index (χ3v) is 6.04. The van der Waals surface area contributed by atoms with Crippen LogP contribution >= 0.6 is 15.9 Å². The van der Waals surface area contributed by atoms with E-state index in [2.05, 4.69) is 20.7 Å². The molecule has 0 aliphatic carbocycles. The topological polar surface area (TPSA) is 75.7 Å². The smallest absolute Gasteiger partial charge is 0.254 e. The molecule has 2 aromatic rings. The zero-order chi connectivity index (χ0) is 18.6. The van der Waals surface area contributed by atoms with Crippen molar-refractivity contribution >= 4 is 31.9 Å². The van der Waals surface area contributed by atoms with Crippen molar-refractivity contribution < 1.29 is 17.9 Å². The van der Waals surface area contributed by atoms with Gasteiger partial charge in [-0.15, -0.1) is 0 Å². The number of halogens is 1. The van der Waals surface area contributed by atoms with Gasteiger partial charge in [0.1, 0.15) is 0 Å². The highest BCUT2D eigenvalue weighted by Crippen LogP contribution is 2.15. The van der Waals surface area contributed by atoms with Crippen LogP contribution in [0.2, 0.25) is 0 Å². The van der Waals surface area contributed by atoms with E-state index in [0.29, 0.717) is 31.9 Å². The highest BCUT2D eigenvalue weighted by atomic mass is 79.9. The molecule has 0 aromatic heterocycles. The van der Waals surface area contributed by atoms with E-state index < -0.39 is 10.0 Å². The van der Waals surface area contributed by atoms with Crippen molar-refractivity contribution in [2.75, 3.05) is 26.3 Å². The lowest BCUT2D eigenvalue weighted by Crippen LogP contribution is -2.40. The molecule has 1 aliphatic rings. The molecule has 8 heteroatoms. The maximum absolute atomic E-state index is 12.4. The minimum atomic E-state index is -3.58. The molecule has 138 valence electrons. The zero-order valence-electron chi connectivity index (χ0n) is 14.0. The van der Waals surface area contributed by atoms with Gasteiger partial charge in [0.2, 0.25) is 10.0 Å². The second-order valence-electron chi connectivity index (χ2n) is 5.88. The number of rotatable bonds is 5. The predicted octanol–water partition coefficient (Wildman–Crippen LogP) is 2.40. The van der Waals surface area contributed by atoms with Crippen LogP contribution in [-0.4, -0.2) is 45.5 Å². The van der Waals surface area contributed by atoms with Crippen LogP contribution in [0.1, 0.15) is 15.9 Å². The number of ether oxygens (including phenoxy) is 1. The van der Waals surface area contributed by atoms with Crippen molar-refractivity contribution in [1.82, 2.24) is 9.62 Å². The summed E-state index contributed by atoms with van der Waals surface area (Å²) >= 11 is 3.28. The van der Waals surface area contributed by atoms with Gasteiger partial charge in [0, 0.05) is 29.7 Å². The molecule has 1 heterocycles. The van der Waals surface area contributed by atoms with Gasteiger partial charge in [-0.2, -0.15) is 0 Å². The molecule has 0 radical (unpaired) electrons. The minimum absolute atomic E-state index is 0.0321. The quantitative estimate of drug-likeness (QED) is 0.777. The highest BCUT2D eigenvalue weighted by Gasteiger charge is 2.18. The number of nitrogens with zero attached hydrogens (tertiary/aromatic N) is 1. The summed E-state index contributed by atoms with van der Waals surface area (Å²) in [5, 5.41) is 0. The average molecular weight is 439 g/mol. The number of carbonyl (C=O) groups is 1. The molecule has 1 amide bonds. The molecule has 3 rings (SSSR count). The van der Waals surface area contributed by atoms with Gasteiger partial charge in [-0.1, -0.05) is 28.1 Å². The summed E-state index contributed by atoms with van der Waals surface area (Å²) in [4.78, 5) is 14.4. The van der Waals surface area contributed by atoms with Crippen LogP contribution in [0.3, 0.4) is 0 Å². The van der Waals surface area contributed by atoms with E-state index in [-0.39, 0.29) is 17.3 Å². The largest absolute Gasteiger partial charge is 0.378 e. The average Bonchev–Trinajstić information content (AvgIpc) is 2.67. The Morgan fingerprint density at radius 1 is 1.04 bits per heavy atom. The van der Waals surface area contributed by atoms with E-state index in [0.717, 1.165) is 10.0 Å². The van der Waals surface area contributed by atoms with Crippen molar-refractivity contribution in [3.8, 4) is 0 Å². The maximum Gasteiger partial charge on any atom is 0.254 e. The van der Waals surface area contributed by atoms with Gasteiger partial charge in [0.15, 0.2) is 0 Å². The first-order chi connectivity index (χ1) is 12.5. The number of sulfonamides is 1. The molecule has 0 spiro atoms. The standard InChI is InChI=1S/C18H19BrN2O4S/c19-16-5-7-17(8-6-16)26(23,24)20-13-14-1-3-15(4-2-14)18(22)21-9-11-25-12-10-21/h1-8,20H,9-13H2. The summed E-state index contributed by atoms with van der Waals surface area (Å²) in [5.74, 6) is -0.0321. The monoisotopic (exact) mass is 438 g/mol. The van der Waals surface area contributed by atoms with E-state index in [1.807, 2.05) is 0 Å². The first-order valence-electron chi connectivity index (χ1n) is 8.17. The molecular weight excluding hydrogens is 420 g/mol. The van der Waals surface area contributed by atoms with Crippen LogP contribution in [0.4, 0.5) is 0 Å². The van der Waals surface area contributed by atoms with Crippen molar-refractivity contribution in [3.05, 3.63) is 64.1 Å². The Balaban J connectivity index is 1.62. The fourth-order valence-corrected chi connectivity index (χ4v) is 3.87. The Bertz CT molecular complexity index is 861. The van der Waals surface area contributed by atoms with Crippen LogP contribution in [-0.2, 0) is 21.3 Å². The van der Waals surface area contributed by atoms with Crippen LogP contribution in [0, 0.1) is 0 Å². The molecule has 6 nitrogen and oxygen atoms in total. The van der Waals surface area contributed by atoms with Gasteiger partial charge in [0.05, 0.1) is 18.1 Å². The van der Waals surface area contributed by atoms with Crippen molar-refractivity contribution in [2.24, 2.45) is 0 Å². The van der Waals surface area contributed by atoms with E-state index in [1.165, 1.54) is 12.1 Å². The first kappa shape index (κ1) is 19.0. The van der Waals surface area contributed by atoms with Gasteiger partial charge < -0.3 is 9.64 Å². The second-order valence-corrected chi connectivity index (χ2v) is 8.56. The number of carbonyl (C=O) groups excluding carboxylic acids is 1. The van der Waals surface area contributed by atoms with E-state index in [1.54, 1.807) is 41.3 Å². The molecule has 2 aromatic carbocycles. The number of amides is 1. The van der Waals surface area contributed by atoms with Gasteiger partial charge in [-0.25, -0.2) is 13.1 Å². The zero-order valence-corrected chi connectivity index (χ0v) is 16.4.